The largest absolute Gasteiger partial charge is 0.465 e. The Kier molecular flexibility index (Phi) is 5.90. The Hall–Kier alpha value is -1.88. The monoisotopic (exact) mass is 292 g/mol. The van der Waals surface area contributed by atoms with Crippen LogP contribution < -0.4 is 11.1 Å². The minimum atomic E-state index is -0.403. The normalized spacial score (nSPS) is 12.6. The number of anilines is 1. The van der Waals surface area contributed by atoms with Gasteiger partial charge < -0.3 is 15.8 Å². The lowest BCUT2D eigenvalue weighted by Gasteiger charge is -2.22. The molecule has 1 aromatic rings. The van der Waals surface area contributed by atoms with Gasteiger partial charge in [0.2, 0.25) is 5.91 Å². The first-order valence-electron chi connectivity index (χ1n) is 6.95. The molecule has 0 radical (unpaired) electrons. The highest BCUT2D eigenvalue weighted by Crippen LogP contribution is 2.21. The van der Waals surface area contributed by atoms with Crippen molar-refractivity contribution < 1.29 is 14.3 Å². The van der Waals surface area contributed by atoms with Gasteiger partial charge in [-0.15, -0.1) is 0 Å². The van der Waals surface area contributed by atoms with E-state index in [-0.39, 0.29) is 23.8 Å². The molecule has 0 fully saturated rings. The van der Waals surface area contributed by atoms with Crippen molar-refractivity contribution >= 4 is 17.6 Å². The third-order valence-electron chi connectivity index (χ3n) is 2.91. The smallest absolute Gasteiger partial charge is 0.337 e. The second kappa shape index (κ2) is 7.22. The van der Waals surface area contributed by atoms with Crippen LogP contribution in [-0.4, -0.2) is 25.0 Å². The number of esters is 1. The zero-order valence-electron chi connectivity index (χ0n) is 13.1. The first-order chi connectivity index (χ1) is 9.71. The van der Waals surface area contributed by atoms with Crippen LogP contribution in [0.4, 0.5) is 5.69 Å². The quantitative estimate of drug-likeness (QED) is 0.817. The number of carbonyl (C=O) groups is 2. The number of hydrogen-bond acceptors (Lipinski definition) is 4. The van der Waals surface area contributed by atoms with Crippen molar-refractivity contribution in [1.29, 1.82) is 0 Å². The van der Waals surface area contributed by atoms with Crippen LogP contribution in [-0.2, 0) is 9.53 Å². The molecule has 1 amide bonds. The molecule has 1 atom stereocenters. The van der Waals surface area contributed by atoms with Crippen molar-refractivity contribution in [3.8, 4) is 0 Å². The Bertz CT molecular complexity index is 489. The standard InChI is InChI=1S/C16H24N2O3/c1-16(2,3)10-12(17)9-14(19)18-13-7-5-11(6-8-13)15(20)21-4/h5-8,12H,9-10,17H2,1-4H3,(H,18,19). The summed E-state index contributed by atoms with van der Waals surface area (Å²) in [5, 5.41) is 2.77. The second-order valence-corrected chi connectivity index (χ2v) is 6.35. The number of amides is 1. The molecule has 0 aromatic heterocycles. The van der Waals surface area contributed by atoms with E-state index in [1.165, 1.54) is 7.11 Å². The van der Waals surface area contributed by atoms with Gasteiger partial charge in [0, 0.05) is 18.2 Å². The lowest BCUT2D eigenvalue weighted by molar-refractivity contribution is -0.116. The van der Waals surface area contributed by atoms with E-state index < -0.39 is 5.97 Å². The lowest BCUT2D eigenvalue weighted by Crippen LogP contribution is -2.31. The van der Waals surface area contributed by atoms with Crippen LogP contribution in [0.2, 0.25) is 0 Å². The van der Waals surface area contributed by atoms with E-state index in [4.69, 9.17) is 5.73 Å². The summed E-state index contributed by atoms with van der Waals surface area (Å²) in [7, 11) is 1.33. The van der Waals surface area contributed by atoms with E-state index in [1.54, 1.807) is 24.3 Å². The molecule has 0 aliphatic heterocycles. The van der Waals surface area contributed by atoms with Gasteiger partial charge in [0.05, 0.1) is 12.7 Å². The molecule has 0 saturated carbocycles. The molecule has 0 spiro atoms. The van der Waals surface area contributed by atoms with Crippen molar-refractivity contribution in [2.45, 2.75) is 39.7 Å². The number of ether oxygens (including phenoxy) is 1. The second-order valence-electron chi connectivity index (χ2n) is 6.35. The molecule has 0 heterocycles. The van der Waals surface area contributed by atoms with Gasteiger partial charge in [0.1, 0.15) is 0 Å². The van der Waals surface area contributed by atoms with Crippen LogP contribution in [0.15, 0.2) is 24.3 Å². The summed E-state index contributed by atoms with van der Waals surface area (Å²) in [5.41, 5.74) is 7.15. The molecule has 116 valence electrons. The molecule has 1 rings (SSSR count). The summed E-state index contributed by atoms with van der Waals surface area (Å²) in [6.45, 7) is 6.28. The summed E-state index contributed by atoms with van der Waals surface area (Å²) in [6, 6.07) is 6.38. The maximum absolute atomic E-state index is 11.9. The van der Waals surface area contributed by atoms with Crippen LogP contribution in [0.3, 0.4) is 0 Å². The molecule has 5 nitrogen and oxygen atoms in total. The molecule has 21 heavy (non-hydrogen) atoms. The number of methoxy groups -OCH3 is 1. The lowest BCUT2D eigenvalue weighted by atomic mass is 9.87. The van der Waals surface area contributed by atoms with Gasteiger partial charge in [-0.1, -0.05) is 20.8 Å². The summed E-state index contributed by atoms with van der Waals surface area (Å²) < 4.78 is 4.61. The van der Waals surface area contributed by atoms with Crippen LogP contribution >= 0.6 is 0 Å². The maximum Gasteiger partial charge on any atom is 0.337 e. The van der Waals surface area contributed by atoms with Gasteiger partial charge >= 0.3 is 5.97 Å². The van der Waals surface area contributed by atoms with Crippen LogP contribution in [0.1, 0.15) is 44.0 Å². The molecule has 5 heteroatoms. The fourth-order valence-electron chi connectivity index (χ4n) is 2.12. The highest BCUT2D eigenvalue weighted by atomic mass is 16.5. The Morgan fingerprint density at radius 1 is 1.24 bits per heavy atom. The van der Waals surface area contributed by atoms with Crippen molar-refractivity contribution in [1.82, 2.24) is 0 Å². The summed E-state index contributed by atoms with van der Waals surface area (Å²) >= 11 is 0. The molecule has 1 unspecified atom stereocenters. The van der Waals surface area contributed by atoms with Gasteiger partial charge in [0.15, 0.2) is 0 Å². The van der Waals surface area contributed by atoms with Crippen LogP contribution in [0.25, 0.3) is 0 Å². The van der Waals surface area contributed by atoms with Crippen LogP contribution in [0.5, 0.6) is 0 Å². The molecule has 1 aromatic carbocycles. The number of nitrogens with two attached hydrogens (primary N) is 1. The molecule has 0 bridgehead atoms. The molecular weight excluding hydrogens is 268 g/mol. The average Bonchev–Trinajstić information content (AvgIpc) is 2.36. The highest BCUT2D eigenvalue weighted by Gasteiger charge is 2.18. The third kappa shape index (κ3) is 6.40. The predicted molar refractivity (Wildman–Crippen MR) is 83.1 cm³/mol. The zero-order chi connectivity index (χ0) is 16.0. The van der Waals surface area contributed by atoms with Gasteiger partial charge in [-0.2, -0.15) is 0 Å². The first kappa shape index (κ1) is 17.2. The van der Waals surface area contributed by atoms with Crippen molar-refractivity contribution in [3.63, 3.8) is 0 Å². The minimum Gasteiger partial charge on any atom is -0.465 e. The summed E-state index contributed by atoms with van der Waals surface area (Å²) in [4.78, 5) is 23.2. The van der Waals surface area contributed by atoms with E-state index in [0.717, 1.165) is 6.42 Å². The summed E-state index contributed by atoms with van der Waals surface area (Å²) in [6.07, 6.45) is 1.05. The highest BCUT2D eigenvalue weighted by molar-refractivity contribution is 5.93. The number of carbonyl (C=O) groups excluding carboxylic acids is 2. The number of nitrogens with one attached hydrogen (secondary N) is 1. The topological polar surface area (TPSA) is 81.4 Å². The summed E-state index contributed by atoms with van der Waals surface area (Å²) in [5.74, 6) is -0.530. The Labute approximate surface area is 125 Å². The minimum absolute atomic E-state index is 0.0991. The van der Waals surface area contributed by atoms with Gasteiger partial charge in [-0.05, 0) is 36.1 Å². The van der Waals surface area contributed by atoms with E-state index in [9.17, 15) is 9.59 Å². The van der Waals surface area contributed by atoms with Gasteiger partial charge in [-0.3, -0.25) is 4.79 Å². The van der Waals surface area contributed by atoms with Gasteiger partial charge in [0.25, 0.3) is 0 Å². The predicted octanol–water partition coefficient (Wildman–Crippen LogP) is 2.57. The van der Waals surface area contributed by atoms with Gasteiger partial charge in [-0.25, -0.2) is 4.79 Å². The number of benzene rings is 1. The van der Waals surface area contributed by atoms with E-state index >= 15 is 0 Å². The zero-order valence-corrected chi connectivity index (χ0v) is 13.1. The molecule has 0 aliphatic rings. The Morgan fingerprint density at radius 2 is 1.81 bits per heavy atom. The maximum atomic E-state index is 11.9. The number of hydrogen-bond donors (Lipinski definition) is 2. The van der Waals surface area contributed by atoms with Crippen molar-refractivity contribution in [2.24, 2.45) is 11.1 Å². The van der Waals surface area contributed by atoms with Crippen molar-refractivity contribution in [3.05, 3.63) is 29.8 Å². The third-order valence-corrected chi connectivity index (χ3v) is 2.91. The van der Waals surface area contributed by atoms with E-state index in [2.05, 4.69) is 30.8 Å². The Balaban J connectivity index is 2.53. The molecule has 3 N–H and O–H groups in total. The van der Waals surface area contributed by atoms with E-state index in [1.807, 2.05) is 0 Å². The fourth-order valence-corrected chi connectivity index (χ4v) is 2.12. The SMILES string of the molecule is COC(=O)c1ccc(NC(=O)CC(N)CC(C)(C)C)cc1. The molecule has 0 saturated heterocycles. The molecular formula is C16H24N2O3. The van der Waals surface area contributed by atoms with Crippen molar-refractivity contribution in [2.75, 3.05) is 12.4 Å². The van der Waals surface area contributed by atoms with Crippen LogP contribution in [0, 0.1) is 5.41 Å². The van der Waals surface area contributed by atoms with E-state index in [0.29, 0.717) is 11.3 Å². The first-order valence-corrected chi connectivity index (χ1v) is 6.95. The Morgan fingerprint density at radius 3 is 2.29 bits per heavy atom. The molecule has 0 aliphatic carbocycles. The fraction of sp³-hybridized carbons (Fsp3) is 0.500. The number of rotatable bonds is 5. The average molecular weight is 292 g/mol.